The predicted octanol–water partition coefficient (Wildman–Crippen LogP) is 3.18. The molecule has 0 aromatic heterocycles. The van der Waals surface area contributed by atoms with Crippen molar-refractivity contribution in [1.29, 1.82) is 0 Å². The van der Waals surface area contributed by atoms with E-state index in [0.717, 1.165) is 5.56 Å². The van der Waals surface area contributed by atoms with Crippen LogP contribution in [0.1, 0.15) is 15.9 Å². The molecule has 0 saturated carbocycles. The molecule has 0 aliphatic heterocycles. The van der Waals surface area contributed by atoms with Crippen molar-refractivity contribution >= 4 is 18.5 Å². The third kappa shape index (κ3) is 3.54. The third-order valence-electron chi connectivity index (χ3n) is 2.57. The van der Waals surface area contributed by atoms with Crippen molar-refractivity contribution in [2.24, 2.45) is 0 Å². The Kier molecular flexibility index (Phi) is 4.16. The standard InChI is InChI=1S/C14H11F2NOS/c15-11-4-1-9(2-5-11)8-17-14(18)10-3-6-12(16)13(19)7-10/h1-7,19H,8H2,(H,17,18). The van der Waals surface area contributed by atoms with Gasteiger partial charge in [-0.25, -0.2) is 8.78 Å². The van der Waals surface area contributed by atoms with E-state index in [9.17, 15) is 13.6 Å². The van der Waals surface area contributed by atoms with Gasteiger partial charge in [0.05, 0.1) is 0 Å². The lowest BCUT2D eigenvalue weighted by Crippen LogP contribution is -2.22. The molecule has 1 N–H and O–H groups in total. The molecule has 0 radical (unpaired) electrons. The molecule has 19 heavy (non-hydrogen) atoms. The maximum Gasteiger partial charge on any atom is 0.251 e. The SMILES string of the molecule is O=C(NCc1ccc(F)cc1)c1ccc(F)c(S)c1. The summed E-state index contributed by atoms with van der Waals surface area (Å²) in [5.74, 6) is -1.13. The van der Waals surface area contributed by atoms with Crippen LogP contribution in [0.5, 0.6) is 0 Å². The van der Waals surface area contributed by atoms with E-state index in [-0.39, 0.29) is 23.2 Å². The molecule has 2 nitrogen and oxygen atoms in total. The molecule has 0 unspecified atom stereocenters. The quantitative estimate of drug-likeness (QED) is 0.830. The summed E-state index contributed by atoms with van der Waals surface area (Å²) in [6.07, 6.45) is 0. The molecule has 2 aromatic rings. The molecule has 0 aliphatic carbocycles. The fourth-order valence-corrected chi connectivity index (χ4v) is 1.75. The average Bonchev–Trinajstić information content (AvgIpc) is 2.41. The maximum atomic E-state index is 13.0. The number of carbonyl (C=O) groups is 1. The Bertz CT molecular complexity index is 599. The van der Waals surface area contributed by atoms with E-state index in [1.165, 1.54) is 30.3 Å². The highest BCUT2D eigenvalue weighted by Gasteiger charge is 2.07. The first kappa shape index (κ1) is 13.5. The van der Waals surface area contributed by atoms with Crippen LogP contribution in [0.3, 0.4) is 0 Å². The lowest BCUT2D eigenvalue weighted by molar-refractivity contribution is 0.0950. The molecule has 98 valence electrons. The van der Waals surface area contributed by atoms with Gasteiger partial charge in [-0.3, -0.25) is 4.79 Å². The highest BCUT2D eigenvalue weighted by molar-refractivity contribution is 7.80. The molecular formula is C14H11F2NOS. The minimum atomic E-state index is -0.474. The highest BCUT2D eigenvalue weighted by Crippen LogP contribution is 2.14. The van der Waals surface area contributed by atoms with Gasteiger partial charge in [0.2, 0.25) is 0 Å². The van der Waals surface area contributed by atoms with Crippen molar-refractivity contribution in [2.45, 2.75) is 11.4 Å². The van der Waals surface area contributed by atoms with Gasteiger partial charge in [-0.05, 0) is 35.9 Å². The van der Waals surface area contributed by atoms with Gasteiger partial charge < -0.3 is 5.32 Å². The number of nitrogens with one attached hydrogen (secondary N) is 1. The molecule has 5 heteroatoms. The number of benzene rings is 2. The van der Waals surface area contributed by atoms with Crippen LogP contribution in [0.25, 0.3) is 0 Å². The van der Waals surface area contributed by atoms with Gasteiger partial charge in [0.15, 0.2) is 0 Å². The summed E-state index contributed by atoms with van der Waals surface area (Å²) >= 11 is 3.91. The number of carbonyl (C=O) groups excluding carboxylic acids is 1. The van der Waals surface area contributed by atoms with Gasteiger partial charge in [-0.1, -0.05) is 12.1 Å². The first-order chi connectivity index (χ1) is 9.06. The van der Waals surface area contributed by atoms with Crippen molar-refractivity contribution in [2.75, 3.05) is 0 Å². The summed E-state index contributed by atoms with van der Waals surface area (Å²) in [5.41, 5.74) is 1.11. The monoisotopic (exact) mass is 279 g/mol. The van der Waals surface area contributed by atoms with Gasteiger partial charge in [0.1, 0.15) is 11.6 Å². The van der Waals surface area contributed by atoms with Gasteiger partial charge in [0.25, 0.3) is 5.91 Å². The number of rotatable bonds is 3. The van der Waals surface area contributed by atoms with Crippen molar-refractivity contribution in [3.05, 3.63) is 65.2 Å². The lowest BCUT2D eigenvalue weighted by Gasteiger charge is -2.06. The summed E-state index contributed by atoms with van der Waals surface area (Å²) in [6, 6.07) is 9.76. The van der Waals surface area contributed by atoms with Crippen LogP contribution < -0.4 is 5.32 Å². The highest BCUT2D eigenvalue weighted by atomic mass is 32.1. The second-order valence-electron chi connectivity index (χ2n) is 3.98. The van der Waals surface area contributed by atoms with E-state index in [4.69, 9.17) is 0 Å². The summed E-state index contributed by atoms with van der Waals surface area (Å²) in [6.45, 7) is 0.276. The zero-order valence-electron chi connectivity index (χ0n) is 9.86. The first-order valence-electron chi connectivity index (χ1n) is 5.57. The number of hydrogen-bond donors (Lipinski definition) is 2. The van der Waals surface area contributed by atoms with Crippen molar-refractivity contribution in [3.8, 4) is 0 Å². The Labute approximate surface area is 114 Å². The van der Waals surface area contributed by atoms with Crippen LogP contribution in [0.4, 0.5) is 8.78 Å². The Hall–Kier alpha value is -1.88. The van der Waals surface area contributed by atoms with Gasteiger partial charge in [-0.2, -0.15) is 0 Å². The second-order valence-corrected chi connectivity index (χ2v) is 4.46. The van der Waals surface area contributed by atoms with E-state index in [1.54, 1.807) is 12.1 Å². The molecule has 0 fully saturated rings. The van der Waals surface area contributed by atoms with Gasteiger partial charge in [0, 0.05) is 17.0 Å². The summed E-state index contributed by atoms with van der Waals surface area (Å²) in [5, 5.41) is 2.66. The van der Waals surface area contributed by atoms with E-state index >= 15 is 0 Å². The number of thiol groups is 1. The van der Waals surface area contributed by atoms with Gasteiger partial charge >= 0.3 is 0 Å². The smallest absolute Gasteiger partial charge is 0.251 e. The number of halogens is 2. The third-order valence-corrected chi connectivity index (χ3v) is 2.92. The van der Waals surface area contributed by atoms with Crippen molar-refractivity contribution in [3.63, 3.8) is 0 Å². The minimum Gasteiger partial charge on any atom is -0.348 e. The van der Waals surface area contributed by atoms with Crippen LogP contribution in [0.2, 0.25) is 0 Å². The molecule has 0 aliphatic rings. The summed E-state index contributed by atoms with van der Waals surface area (Å²) in [4.78, 5) is 11.9. The number of amides is 1. The molecule has 0 heterocycles. The summed E-state index contributed by atoms with van der Waals surface area (Å²) < 4.78 is 25.7. The van der Waals surface area contributed by atoms with Crippen molar-refractivity contribution in [1.82, 2.24) is 5.32 Å². The van der Waals surface area contributed by atoms with E-state index in [2.05, 4.69) is 17.9 Å². The van der Waals surface area contributed by atoms with Crippen LogP contribution >= 0.6 is 12.6 Å². The lowest BCUT2D eigenvalue weighted by atomic mass is 10.2. The van der Waals surface area contributed by atoms with Crippen LogP contribution in [0.15, 0.2) is 47.4 Å². The predicted molar refractivity (Wildman–Crippen MR) is 71.2 cm³/mol. The molecule has 0 spiro atoms. The minimum absolute atomic E-state index is 0.120. The molecule has 1 amide bonds. The average molecular weight is 279 g/mol. The second kappa shape index (κ2) is 5.84. The van der Waals surface area contributed by atoms with E-state index in [0.29, 0.717) is 5.56 Å². The van der Waals surface area contributed by atoms with Crippen molar-refractivity contribution < 1.29 is 13.6 Å². The van der Waals surface area contributed by atoms with Crippen LogP contribution in [-0.4, -0.2) is 5.91 Å². The Morgan fingerprint density at radius 3 is 2.42 bits per heavy atom. The zero-order valence-corrected chi connectivity index (χ0v) is 10.8. The topological polar surface area (TPSA) is 29.1 Å². The maximum absolute atomic E-state index is 13.0. The molecule has 2 rings (SSSR count). The molecule has 0 saturated heterocycles. The Morgan fingerprint density at radius 1 is 1.11 bits per heavy atom. The molecule has 0 bridgehead atoms. The van der Waals surface area contributed by atoms with Crippen LogP contribution in [-0.2, 0) is 6.54 Å². The molecular weight excluding hydrogens is 268 g/mol. The Morgan fingerprint density at radius 2 is 1.79 bits per heavy atom. The fraction of sp³-hybridized carbons (Fsp3) is 0.0714. The van der Waals surface area contributed by atoms with Crippen LogP contribution in [0, 0.1) is 11.6 Å². The fourth-order valence-electron chi connectivity index (χ4n) is 1.54. The van der Waals surface area contributed by atoms with E-state index in [1.807, 2.05) is 0 Å². The van der Waals surface area contributed by atoms with E-state index < -0.39 is 5.82 Å². The molecule has 2 aromatic carbocycles. The van der Waals surface area contributed by atoms with Gasteiger partial charge in [-0.15, -0.1) is 12.6 Å². The zero-order chi connectivity index (χ0) is 13.8. The normalized spacial score (nSPS) is 10.3. The summed E-state index contributed by atoms with van der Waals surface area (Å²) in [7, 11) is 0. The largest absolute Gasteiger partial charge is 0.348 e. The first-order valence-corrected chi connectivity index (χ1v) is 6.02. The Balaban J connectivity index is 2.01. The molecule has 0 atom stereocenters. The number of hydrogen-bond acceptors (Lipinski definition) is 2.